The maximum atomic E-state index is 12.2. The zero-order valence-electron chi connectivity index (χ0n) is 12.5. The normalized spacial score (nSPS) is 12.2. The van der Waals surface area contributed by atoms with E-state index >= 15 is 0 Å². The van der Waals surface area contributed by atoms with Crippen molar-refractivity contribution < 1.29 is 12.9 Å². The molecular weight excluding hydrogens is 310 g/mol. The van der Waals surface area contributed by atoms with Gasteiger partial charge in [-0.15, -0.1) is 11.3 Å². The number of hydrogen-bond donors (Lipinski definition) is 1. The van der Waals surface area contributed by atoms with Crippen LogP contribution in [-0.2, 0) is 23.0 Å². The van der Waals surface area contributed by atoms with Crippen molar-refractivity contribution in [2.45, 2.75) is 45.6 Å². The van der Waals surface area contributed by atoms with Gasteiger partial charge >= 0.3 is 0 Å². The lowest BCUT2D eigenvalue weighted by atomic mass is 10.1. The number of hydrogen-bond acceptors (Lipinski definition) is 6. The molecule has 1 N–H and O–H groups in total. The largest absolute Gasteiger partial charge is 0.338 e. The summed E-state index contributed by atoms with van der Waals surface area (Å²) in [6.45, 7) is 7.79. The third-order valence-corrected chi connectivity index (χ3v) is 5.42. The van der Waals surface area contributed by atoms with Gasteiger partial charge in [0.15, 0.2) is 5.82 Å². The van der Waals surface area contributed by atoms with Crippen LogP contribution in [0.4, 0.5) is 0 Å². The fourth-order valence-corrected chi connectivity index (χ4v) is 4.45. The topological polar surface area (TPSA) is 85.1 Å². The highest BCUT2D eigenvalue weighted by atomic mass is 32.2. The molecule has 0 aliphatic rings. The Morgan fingerprint density at radius 2 is 2.10 bits per heavy atom. The summed E-state index contributed by atoms with van der Waals surface area (Å²) in [4.78, 5) is 6.22. The Hall–Kier alpha value is -1.25. The zero-order valence-corrected chi connectivity index (χ0v) is 14.1. The number of rotatable bonds is 6. The third kappa shape index (κ3) is 4.12. The number of sulfonamides is 1. The molecule has 0 fully saturated rings. The third-order valence-electron chi connectivity index (χ3n) is 2.80. The maximum Gasteiger partial charge on any atom is 0.242 e. The molecule has 0 radical (unpaired) electrons. The monoisotopic (exact) mass is 329 g/mol. The summed E-state index contributed by atoms with van der Waals surface area (Å²) in [5.74, 6) is 1.30. The second-order valence-corrected chi connectivity index (χ2v) is 8.50. The van der Waals surface area contributed by atoms with Crippen LogP contribution >= 0.6 is 11.3 Å². The number of aryl methyl sites for hydroxylation is 2. The lowest BCUT2D eigenvalue weighted by Gasteiger charge is -2.03. The molecule has 0 aromatic carbocycles. The number of aromatic nitrogens is 2. The Balaban J connectivity index is 2.05. The van der Waals surface area contributed by atoms with Crippen molar-refractivity contribution in [3.05, 3.63) is 27.5 Å². The second-order valence-electron chi connectivity index (χ2n) is 5.30. The lowest BCUT2D eigenvalue weighted by molar-refractivity contribution is 0.368. The van der Waals surface area contributed by atoms with E-state index in [0.29, 0.717) is 23.1 Å². The minimum atomic E-state index is -3.55. The molecule has 2 aromatic heterocycles. The summed E-state index contributed by atoms with van der Waals surface area (Å²) < 4.78 is 32.0. The first-order valence-corrected chi connectivity index (χ1v) is 8.96. The Morgan fingerprint density at radius 3 is 2.67 bits per heavy atom. The van der Waals surface area contributed by atoms with Crippen LogP contribution in [0.3, 0.4) is 0 Å². The van der Waals surface area contributed by atoms with Crippen molar-refractivity contribution in [1.82, 2.24) is 14.9 Å². The standard InChI is InChI=1S/C13H19N3O3S2/c1-8(2)5-12-15-13(19-16-12)7-14-21(17,18)11-6-9(3)20-10(11)4/h6,8,14H,5,7H2,1-4H3. The van der Waals surface area contributed by atoms with Gasteiger partial charge in [0.1, 0.15) is 0 Å². The van der Waals surface area contributed by atoms with Crippen molar-refractivity contribution >= 4 is 21.4 Å². The molecule has 0 amide bonds. The van der Waals surface area contributed by atoms with Crippen LogP contribution < -0.4 is 4.72 Å². The van der Waals surface area contributed by atoms with Crippen molar-refractivity contribution in [1.29, 1.82) is 0 Å². The molecule has 0 spiro atoms. The molecule has 2 heterocycles. The van der Waals surface area contributed by atoms with Crippen LogP contribution in [0.1, 0.15) is 35.3 Å². The van der Waals surface area contributed by atoms with Gasteiger partial charge in [0.05, 0.1) is 11.4 Å². The smallest absolute Gasteiger partial charge is 0.242 e. The van der Waals surface area contributed by atoms with Crippen molar-refractivity contribution in [2.24, 2.45) is 5.92 Å². The Kier molecular flexibility index (Phi) is 4.80. The summed E-state index contributed by atoms with van der Waals surface area (Å²) in [7, 11) is -3.55. The van der Waals surface area contributed by atoms with Gasteiger partial charge in [-0.25, -0.2) is 13.1 Å². The van der Waals surface area contributed by atoms with Crippen molar-refractivity contribution in [3.63, 3.8) is 0 Å². The van der Waals surface area contributed by atoms with Crippen molar-refractivity contribution in [3.8, 4) is 0 Å². The highest BCUT2D eigenvalue weighted by Gasteiger charge is 2.20. The van der Waals surface area contributed by atoms with E-state index in [0.717, 1.165) is 9.75 Å². The molecule has 0 unspecified atom stereocenters. The van der Waals surface area contributed by atoms with Gasteiger partial charge in [0.25, 0.3) is 0 Å². The van der Waals surface area contributed by atoms with Gasteiger partial charge in [-0.2, -0.15) is 4.98 Å². The van der Waals surface area contributed by atoms with E-state index < -0.39 is 10.0 Å². The van der Waals surface area contributed by atoms with Gasteiger partial charge < -0.3 is 4.52 Å². The fourth-order valence-electron chi connectivity index (χ4n) is 1.92. The van der Waals surface area contributed by atoms with E-state index in [1.807, 2.05) is 6.92 Å². The predicted octanol–water partition coefficient (Wildman–Crippen LogP) is 2.42. The maximum absolute atomic E-state index is 12.2. The van der Waals surface area contributed by atoms with Gasteiger partial charge in [0, 0.05) is 16.2 Å². The minimum Gasteiger partial charge on any atom is -0.338 e. The Labute approximate surface area is 128 Å². The molecule has 2 rings (SSSR count). The average Bonchev–Trinajstić information content (AvgIpc) is 2.93. The van der Waals surface area contributed by atoms with Crippen LogP contribution in [-0.4, -0.2) is 18.6 Å². The Morgan fingerprint density at radius 1 is 1.38 bits per heavy atom. The molecule has 0 aliphatic heterocycles. The molecule has 8 heteroatoms. The average molecular weight is 329 g/mol. The zero-order chi connectivity index (χ0) is 15.6. The van der Waals surface area contributed by atoms with Gasteiger partial charge in [-0.05, 0) is 25.8 Å². The molecular formula is C13H19N3O3S2. The summed E-state index contributed by atoms with van der Waals surface area (Å²) in [6.07, 6.45) is 0.707. The molecule has 2 aromatic rings. The molecule has 116 valence electrons. The Bertz CT molecular complexity index is 717. The van der Waals surface area contributed by atoms with E-state index in [-0.39, 0.29) is 12.4 Å². The highest BCUT2D eigenvalue weighted by Crippen LogP contribution is 2.24. The van der Waals surface area contributed by atoms with Gasteiger partial charge in [-0.1, -0.05) is 19.0 Å². The van der Waals surface area contributed by atoms with Crippen LogP contribution in [0.2, 0.25) is 0 Å². The summed E-state index contributed by atoms with van der Waals surface area (Å²) in [5, 5.41) is 3.83. The molecule has 0 bridgehead atoms. The highest BCUT2D eigenvalue weighted by molar-refractivity contribution is 7.89. The molecule has 0 saturated carbocycles. The number of thiophene rings is 1. The van der Waals surface area contributed by atoms with E-state index in [9.17, 15) is 8.42 Å². The summed E-state index contributed by atoms with van der Waals surface area (Å²) in [5.41, 5.74) is 0. The molecule has 0 atom stereocenters. The molecule has 6 nitrogen and oxygen atoms in total. The molecule has 21 heavy (non-hydrogen) atoms. The fraction of sp³-hybridized carbons (Fsp3) is 0.538. The van der Waals surface area contributed by atoms with E-state index in [4.69, 9.17) is 4.52 Å². The first-order chi connectivity index (χ1) is 9.78. The van der Waals surface area contributed by atoms with Gasteiger partial charge in [0.2, 0.25) is 15.9 Å². The van der Waals surface area contributed by atoms with E-state index in [1.54, 1.807) is 13.0 Å². The SMILES string of the molecule is Cc1cc(S(=O)(=O)NCc2nc(CC(C)C)no2)c(C)s1. The molecule has 0 saturated heterocycles. The summed E-state index contributed by atoms with van der Waals surface area (Å²) in [6, 6.07) is 1.67. The number of nitrogens with zero attached hydrogens (tertiary/aromatic N) is 2. The van der Waals surface area contributed by atoms with Crippen LogP contribution in [0.5, 0.6) is 0 Å². The second kappa shape index (κ2) is 6.25. The van der Waals surface area contributed by atoms with Crippen molar-refractivity contribution in [2.75, 3.05) is 0 Å². The van der Waals surface area contributed by atoms with Crippen LogP contribution in [0, 0.1) is 19.8 Å². The summed E-state index contributed by atoms with van der Waals surface area (Å²) >= 11 is 1.46. The first-order valence-electron chi connectivity index (χ1n) is 6.66. The quantitative estimate of drug-likeness (QED) is 0.879. The number of nitrogens with one attached hydrogen (secondary N) is 1. The predicted molar refractivity (Wildman–Crippen MR) is 80.7 cm³/mol. The lowest BCUT2D eigenvalue weighted by Crippen LogP contribution is -2.23. The molecule has 0 aliphatic carbocycles. The van der Waals surface area contributed by atoms with Crippen LogP contribution in [0.25, 0.3) is 0 Å². The minimum absolute atomic E-state index is 0.00175. The first kappa shape index (κ1) is 16.1. The van der Waals surface area contributed by atoms with E-state index in [1.165, 1.54) is 11.3 Å². The van der Waals surface area contributed by atoms with Gasteiger partial charge in [-0.3, -0.25) is 0 Å². The van der Waals surface area contributed by atoms with E-state index in [2.05, 4.69) is 28.7 Å². The van der Waals surface area contributed by atoms with Crippen LogP contribution in [0.15, 0.2) is 15.5 Å².